The normalized spacial score (nSPS) is 16.1. The zero-order valence-corrected chi connectivity index (χ0v) is 23.0. The van der Waals surface area contributed by atoms with Crippen LogP contribution in [0.5, 0.6) is 17.2 Å². The van der Waals surface area contributed by atoms with Crippen LogP contribution in [0.4, 0.5) is 0 Å². The summed E-state index contributed by atoms with van der Waals surface area (Å²) in [6, 6.07) is 22.5. The third kappa shape index (κ3) is 5.77. The van der Waals surface area contributed by atoms with Crippen LogP contribution in [0.15, 0.2) is 96.8 Å². The summed E-state index contributed by atoms with van der Waals surface area (Å²) >= 11 is 0. The molecule has 3 aromatic carbocycles. The highest BCUT2D eigenvalue weighted by Crippen LogP contribution is 2.42. The van der Waals surface area contributed by atoms with E-state index in [1.54, 1.807) is 54.9 Å². The average Bonchev–Trinajstić information content (AvgIpc) is 3.25. The van der Waals surface area contributed by atoms with Crippen molar-refractivity contribution >= 4 is 17.4 Å². The quantitative estimate of drug-likeness (QED) is 0.178. The van der Waals surface area contributed by atoms with Gasteiger partial charge in [0.1, 0.15) is 12.4 Å². The van der Waals surface area contributed by atoms with Crippen LogP contribution in [0.1, 0.15) is 33.9 Å². The average molecular weight is 551 g/mol. The fraction of sp³-hybridized carbons (Fsp3) is 0.182. The van der Waals surface area contributed by atoms with Crippen LogP contribution in [-0.2, 0) is 22.7 Å². The zero-order valence-electron chi connectivity index (χ0n) is 23.0. The van der Waals surface area contributed by atoms with Gasteiger partial charge in [0.05, 0.1) is 26.8 Å². The predicted octanol–water partition coefficient (Wildman–Crippen LogP) is 3.83. The number of carbonyl (C=O) groups is 2. The van der Waals surface area contributed by atoms with Gasteiger partial charge in [0.2, 0.25) is 5.78 Å². The van der Waals surface area contributed by atoms with Crippen LogP contribution in [0.2, 0.25) is 0 Å². The van der Waals surface area contributed by atoms with Crippen molar-refractivity contribution in [2.24, 2.45) is 0 Å². The Balaban J connectivity index is 1.51. The number of amides is 1. The molecule has 2 heterocycles. The van der Waals surface area contributed by atoms with Crippen LogP contribution >= 0.6 is 0 Å². The van der Waals surface area contributed by atoms with Gasteiger partial charge in [-0.3, -0.25) is 9.59 Å². The molecule has 1 atom stereocenters. The number of ether oxygens (including phenoxy) is 3. The molecule has 1 aliphatic rings. The largest absolute Gasteiger partial charge is 0.872 e. The maximum atomic E-state index is 13.9. The molecule has 1 unspecified atom stereocenters. The summed E-state index contributed by atoms with van der Waals surface area (Å²) in [6.45, 7) is 2.53. The lowest BCUT2D eigenvalue weighted by molar-refractivity contribution is -0.378. The molecule has 4 aromatic rings. The summed E-state index contributed by atoms with van der Waals surface area (Å²) in [6.07, 6.45) is 3.50. The number of rotatable bonds is 9. The fourth-order valence-corrected chi connectivity index (χ4v) is 4.95. The molecule has 0 radical (unpaired) electrons. The van der Waals surface area contributed by atoms with Crippen molar-refractivity contribution in [2.75, 3.05) is 14.2 Å². The molecule has 1 aliphatic heterocycles. The Morgan fingerprint density at radius 2 is 1.66 bits per heavy atom. The maximum absolute atomic E-state index is 13.9. The number of aryl methyl sites for hydroxylation is 1. The van der Waals surface area contributed by atoms with Crippen LogP contribution in [0.25, 0.3) is 5.76 Å². The Labute approximate surface area is 238 Å². The van der Waals surface area contributed by atoms with Crippen molar-refractivity contribution in [3.05, 3.63) is 125 Å². The molecule has 0 spiro atoms. The van der Waals surface area contributed by atoms with Crippen molar-refractivity contribution in [3.63, 3.8) is 0 Å². The number of H-pyrrole nitrogens is 1. The summed E-state index contributed by atoms with van der Waals surface area (Å²) in [5.74, 6) is -0.586. The Morgan fingerprint density at radius 3 is 2.34 bits per heavy atom. The summed E-state index contributed by atoms with van der Waals surface area (Å²) in [5, 5.41) is 13.9. The second kappa shape index (κ2) is 12.0. The second-order valence-corrected chi connectivity index (χ2v) is 9.74. The molecule has 41 heavy (non-hydrogen) atoms. The summed E-state index contributed by atoms with van der Waals surface area (Å²) < 4.78 is 16.7. The highest BCUT2D eigenvalue weighted by molar-refractivity contribution is 6.46. The van der Waals surface area contributed by atoms with Gasteiger partial charge >= 0.3 is 0 Å². The Kier molecular flexibility index (Phi) is 8.01. The molecule has 1 N–H and O–H groups in total. The van der Waals surface area contributed by atoms with E-state index in [4.69, 9.17) is 14.2 Å². The first-order chi connectivity index (χ1) is 19.9. The fourth-order valence-electron chi connectivity index (χ4n) is 4.95. The molecule has 1 fully saturated rings. The number of pyridine rings is 1. The van der Waals surface area contributed by atoms with E-state index in [0.29, 0.717) is 29.4 Å². The molecular formula is C33H30N2O6. The van der Waals surface area contributed by atoms with Gasteiger partial charge in [0.25, 0.3) is 5.91 Å². The van der Waals surface area contributed by atoms with Crippen molar-refractivity contribution in [1.82, 2.24) is 4.90 Å². The lowest BCUT2D eigenvalue weighted by Gasteiger charge is -2.27. The molecule has 0 saturated carbocycles. The summed E-state index contributed by atoms with van der Waals surface area (Å²) in [4.78, 5) is 31.1. The number of Topliss-reactive ketones (excluding diaryl/α,β-unsaturated/α-hetero) is 1. The Morgan fingerprint density at radius 1 is 0.902 bits per heavy atom. The predicted molar refractivity (Wildman–Crippen MR) is 150 cm³/mol. The number of nitrogens with zero attached hydrogens (tertiary/aromatic N) is 1. The number of methoxy groups -OCH3 is 2. The molecule has 8 nitrogen and oxygen atoms in total. The molecule has 1 saturated heterocycles. The maximum Gasteiger partial charge on any atom is 0.295 e. The third-order valence-electron chi connectivity index (χ3n) is 6.98. The Bertz CT molecular complexity index is 1600. The van der Waals surface area contributed by atoms with Crippen molar-refractivity contribution < 1.29 is 33.9 Å². The lowest BCUT2D eigenvalue weighted by atomic mass is 9.94. The SMILES string of the molecule is COc1ccc(C2/C(=C(\[O-])c3ccc(OCc4cccc(C)c4)cc3)C(=O)C(=O)N2Cc2ccc[nH+]c2)cc1OC. The molecule has 8 heteroatoms. The van der Waals surface area contributed by atoms with Crippen LogP contribution in [0, 0.1) is 6.92 Å². The molecule has 1 aromatic heterocycles. The summed E-state index contributed by atoms with van der Waals surface area (Å²) in [5.41, 5.74) is 3.68. The van der Waals surface area contributed by atoms with Gasteiger partial charge in [-0.15, -0.1) is 0 Å². The smallest absolute Gasteiger partial charge is 0.295 e. The highest BCUT2D eigenvalue weighted by atomic mass is 16.5. The number of hydrogen-bond acceptors (Lipinski definition) is 6. The van der Waals surface area contributed by atoms with E-state index in [-0.39, 0.29) is 17.7 Å². The molecule has 208 valence electrons. The lowest BCUT2D eigenvalue weighted by Crippen LogP contribution is -2.29. The molecule has 1 amide bonds. The van der Waals surface area contributed by atoms with Gasteiger partial charge in [-0.2, -0.15) is 0 Å². The van der Waals surface area contributed by atoms with Gasteiger partial charge in [-0.25, -0.2) is 4.98 Å². The number of carbonyl (C=O) groups excluding carboxylic acids is 2. The number of nitrogens with one attached hydrogen (secondary N) is 1. The van der Waals surface area contributed by atoms with E-state index >= 15 is 0 Å². The first-order valence-corrected chi connectivity index (χ1v) is 13.1. The van der Waals surface area contributed by atoms with E-state index < -0.39 is 23.5 Å². The molecule has 0 aliphatic carbocycles. The second-order valence-electron chi connectivity index (χ2n) is 9.74. The van der Waals surface area contributed by atoms with Crippen LogP contribution in [0.3, 0.4) is 0 Å². The number of aromatic nitrogens is 1. The van der Waals surface area contributed by atoms with E-state index in [9.17, 15) is 14.7 Å². The molecule has 5 rings (SSSR count). The van der Waals surface area contributed by atoms with Crippen LogP contribution < -0.4 is 24.3 Å². The summed E-state index contributed by atoms with van der Waals surface area (Å²) in [7, 11) is 3.02. The standard InChI is InChI=1S/C33H30N2O6/c1-21-6-4-7-22(16-21)20-41-26-12-9-24(10-13-26)31(36)29-30(25-11-14-27(39-2)28(17-25)40-3)35(33(38)32(29)37)19-23-8-5-15-34-18-23/h4-18,30,36H,19-20H2,1-3H3/b31-29+. The van der Waals surface area contributed by atoms with E-state index in [1.165, 1.54) is 19.1 Å². The number of benzene rings is 3. The number of aromatic amines is 1. The number of ketones is 1. The van der Waals surface area contributed by atoms with Gasteiger partial charge < -0.3 is 24.2 Å². The minimum Gasteiger partial charge on any atom is -0.872 e. The van der Waals surface area contributed by atoms with E-state index in [1.807, 2.05) is 43.3 Å². The van der Waals surface area contributed by atoms with Crippen LogP contribution in [-0.4, -0.2) is 30.8 Å². The monoisotopic (exact) mass is 550 g/mol. The highest BCUT2D eigenvalue weighted by Gasteiger charge is 2.44. The van der Waals surface area contributed by atoms with Crippen molar-refractivity contribution in [3.8, 4) is 17.2 Å². The van der Waals surface area contributed by atoms with Gasteiger partial charge in [-0.1, -0.05) is 53.8 Å². The Hall–Kier alpha value is -5.11. The molecular weight excluding hydrogens is 520 g/mol. The van der Waals surface area contributed by atoms with Crippen molar-refractivity contribution in [1.29, 1.82) is 0 Å². The minimum atomic E-state index is -0.917. The van der Waals surface area contributed by atoms with Gasteiger partial charge in [0, 0.05) is 17.2 Å². The third-order valence-corrected chi connectivity index (χ3v) is 6.98. The van der Waals surface area contributed by atoms with Crippen molar-refractivity contribution in [2.45, 2.75) is 26.1 Å². The molecule has 0 bridgehead atoms. The number of likely N-dealkylation sites (tertiary alicyclic amines) is 1. The van der Waals surface area contributed by atoms with E-state index in [0.717, 1.165) is 16.7 Å². The zero-order chi connectivity index (χ0) is 28.9. The number of hydrogen-bond donors (Lipinski definition) is 0. The van der Waals surface area contributed by atoms with Gasteiger partial charge in [-0.05, 0) is 53.9 Å². The van der Waals surface area contributed by atoms with Gasteiger partial charge in [0.15, 0.2) is 23.9 Å². The minimum absolute atomic E-state index is 0.115. The topological polar surface area (TPSA) is 102 Å². The first-order valence-electron chi connectivity index (χ1n) is 13.1. The first kappa shape index (κ1) is 27.5. The van der Waals surface area contributed by atoms with E-state index in [2.05, 4.69) is 4.98 Å².